The number of rotatable bonds is 4. The van der Waals surface area contributed by atoms with E-state index in [4.69, 9.17) is 5.11 Å². The molecule has 2 rings (SSSR count). The SMILES string of the molecule is CC(C)c1ccccc1NC1CCC1C(=O)O. The molecule has 0 radical (unpaired) electrons. The number of carboxylic acids is 1. The van der Waals surface area contributed by atoms with Gasteiger partial charge in [0.15, 0.2) is 0 Å². The van der Waals surface area contributed by atoms with Crippen LogP contribution >= 0.6 is 0 Å². The second-order valence-corrected chi connectivity index (χ2v) is 5.01. The number of anilines is 1. The van der Waals surface area contributed by atoms with Gasteiger partial charge in [-0.2, -0.15) is 0 Å². The Morgan fingerprint density at radius 3 is 2.59 bits per heavy atom. The summed E-state index contributed by atoms with van der Waals surface area (Å²) < 4.78 is 0. The number of benzene rings is 1. The smallest absolute Gasteiger partial charge is 0.308 e. The van der Waals surface area contributed by atoms with Gasteiger partial charge in [0, 0.05) is 11.7 Å². The van der Waals surface area contributed by atoms with Crippen molar-refractivity contribution in [2.45, 2.75) is 38.6 Å². The molecule has 3 heteroatoms. The van der Waals surface area contributed by atoms with E-state index in [1.54, 1.807) is 0 Å². The van der Waals surface area contributed by atoms with E-state index in [0.29, 0.717) is 5.92 Å². The van der Waals surface area contributed by atoms with Gasteiger partial charge in [-0.05, 0) is 30.4 Å². The average molecular weight is 233 g/mol. The van der Waals surface area contributed by atoms with Crippen LogP contribution in [0.25, 0.3) is 0 Å². The summed E-state index contributed by atoms with van der Waals surface area (Å²) in [6.45, 7) is 4.30. The molecule has 2 atom stereocenters. The maximum Gasteiger partial charge on any atom is 0.308 e. The first-order valence-corrected chi connectivity index (χ1v) is 6.18. The summed E-state index contributed by atoms with van der Waals surface area (Å²) in [5.41, 5.74) is 2.34. The summed E-state index contributed by atoms with van der Waals surface area (Å²) in [4.78, 5) is 11.0. The molecule has 0 amide bonds. The lowest BCUT2D eigenvalue weighted by Gasteiger charge is -2.35. The van der Waals surface area contributed by atoms with Gasteiger partial charge in [-0.25, -0.2) is 0 Å². The predicted molar refractivity (Wildman–Crippen MR) is 68.3 cm³/mol. The first-order valence-electron chi connectivity index (χ1n) is 6.18. The van der Waals surface area contributed by atoms with Gasteiger partial charge in [0.2, 0.25) is 0 Å². The third-order valence-corrected chi connectivity index (χ3v) is 3.52. The van der Waals surface area contributed by atoms with Gasteiger partial charge in [-0.1, -0.05) is 32.0 Å². The molecule has 0 aliphatic heterocycles. The van der Waals surface area contributed by atoms with Crippen molar-refractivity contribution in [2.75, 3.05) is 5.32 Å². The Balaban J connectivity index is 2.11. The van der Waals surface area contributed by atoms with E-state index in [-0.39, 0.29) is 12.0 Å². The maximum atomic E-state index is 11.0. The van der Waals surface area contributed by atoms with Crippen LogP contribution in [-0.4, -0.2) is 17.1 Å². The topological polar surface area (TPSA) is 49.3 Å². The Bertz CT molecular complexity index is 414. The molecule has 17 heavy (non-hydrogen) atoms. The number of carboxylic acid groups (broad SMARTS) is 1. The maximum absolute atomic E-state index is 11.0. The highest BCUT2D eigenvalue weighted by molar-refractivity contribution is 5.73. The van der Waals surface area contributed by atoms with E-state index in [1.165, 1.54) is 5.56 Å². The van der Waals surface area contributed by atoms with Crippen molar-refractivity contribution in [1.29, 1.82) is 0 Å². The zero-order chi connectivity index (χ0) is 12.4. The van der Waals surface area contributed by atoms with E-state index < -0.39 is 5.97 Å². The zero-order valence-electron chi connectivity index (χ0n) is 10.3. The van der Waals surface area contributed by atoms with E-state index in [9.17, 15) is 4.79 Å². The van der Waals surface area contributed by atoms with Gasteiger partial charge < -0.3 is 10.4 Å². The predicted octanol–water partition coefficient (Wildman–Crippen LogP) is 3.09. The highest BCUT2D eigenvalue weighted by Crippen LogP contribution is 2.33. The van der Waals surface area contributed by atoms with Gasteiger partial charge in [-0.15, -0.1) is 0 Å². The van der Waals surface area contributed by atoms with E-state index in [1.807, 2.05) is 18.2 Å². The van der Waals surface area contributed by atoms with Crippen molar-refractivity contribution in [1.82, 2.24) is 0 Å². The minimum atomic E-state index is -0.684. The highest BCUT2D eigenvalue weighted by Gasteiger charge is 2.36. The van der Waals surface area contributed by atoms with Crippen molar-refractivity contribution < 1.29 is 9.90 Å². The second-order valence-electron chi connectivity index (χ2n) is 5.01. The van der Waals surface area contributed by atoms with Crippen LogP contribution in [0.15, 0.2) is 24.3 Å². The van der Waals surface area contributed by atoms with E-state index in [2.05, 4.69) is 25.2 Å². The molecule has 1 aromatic rings. The minimum Gasteiger partial charge on any atom is -0.481 e. The Morgan fingerprint density at radius 1 is 1.35 bits per heavy atom. The van der Waals surface area contributed by atoms with Gasteiger partial charge in [-0.3, -0.25) is 4.79 Å². The number of para-hydroxylation sites is 1. The highest BCUT2D eigenvalue weighted by atomic mass is 16.4. The molecule has 2 N–H and O–H groups in total. The normalized spacial score (nSPS) is 23.2. The lowest BCUT2D eigenvalue weighted by atomic mass is 9.79. The number of hydrogen-bond acceptors (Lipinski definition) is 2. The van der Waals surface area contributed by atoms with Crippen molar-refractivity contribution in [3.63, 3.8) is 0 Å². The van der Waals surface area contributed by atoms with Crippen molar-refractivity contribution in [3.05, 3.63) is 29.8 Å². The minimum absolute atomic E-state index is 0.0902. The molecule has 0 bridgehead atoms. The fraction of sp³-hybridized carbons (Fsp3) is 0.500. The van der Waals surface area contributed by atoms with Crippen LogP contribution < -0.4 is 5.32 Å². The van der Waals surface area contributed by atoms with E-state index >= 15 is 0 Å². The average Bonchev–Trinajstić information content (AvgIpc) is 2.23. The molecule has 0 saturated heterocycles. The standard InChI is InChI=1S/C14H19NO2/c1-9(2)10-5-3-4-6-12(10)15-13-8-7-11(13)14(16)17/h3-6,9,11,13,15H,7-8H2,1-2H3,(H,16,17). The van der Waals surface area contributed by atoms with E-state index in [0.717, 1.165) is 18.5 Å². The molecule has 0 spiro atoms. The summed E-state index contributed by atoms with van der Waals surface area (Å²) in [6.07, 6.45) is 1.74. The van der Waals surface area contributed by atoms with Crippen LogP contribution in [-0.2, 0) is 4.79 Å². The molecule has 1 aromatic carbocycles. The number of hydrogen-bond donors (Lipinski definition) is 2. The van der Waals surface area contributed by atoms with Crippen LogP contribution in [0, 0.1) is 5.92 Å². The molecule has 2 unspecified atom stereocenters. The van der Waals surface area contributed by atoms with Gasteiger partial charge in [0.1, 0.15) is 0 Å². The fourth-order valence-corrected chi connectivity index (χ4v) is 2.30. The van der Waals surface area contributed by atoms with Crippen LogP contribution in [0.5, 0.6) is 0 Å². The largest absolute Gasteiger partial charge is 0.481 e. The monoisotopic (exact) mass is 233 g/mol. The van der Waals surface area contributed by atoms with Crippen molar-refractivity contribution >= 4 is 11.7 Å². The Hall–Kier alpha value is -1.51. The fourth-order valence-electron chi connectivity index (χ4n) is 2.30. The Morgan fingerprint density at radius 2 is 2.06 bits per heavy atom. The summed E-state index contributed by atoms with van der Waals surface area (Å²) in [7, 11) is 0. The summed E-state index contributed by atoms with van der Waals surface area (Å²) >= 11 is 0. The molecular formula is C14H19NO2. The van der Waals surface area contributed by atoms with Crippen LogP contribution in [0.1, 0.15) is 38.2 Å². The third-order valence-electron chi connectivity index (χ3n) is 3.52. The van der Waals surface area contributed by atoms with Gasteiger partial charge >= 0.3 is 5.97 Å². The molecule has 1 saturated carbocycles. The number of carbonyl (C=O) groups is 1. The molecule has 1 fully saturated rings. The van der Waals surface area contributed by atoms with Gasteiger partial charge in [0.05, 0.1) is 5.92 Å². The van der Waals surface area contributed by atoms with Crippen molar-refractivity contribution in [3.8, 4) is 0 Å². The molecule has 92 valence electrons. The summed E-state index contributed by atoms with van der Waals surface area (Å²) in [5, 5.41) is 12.4. The Labute approximate surface area is 102 Å². The summed E-state index contributed by atoms with van der Waals surface area (Å²) in [5.74, 6) is -0.465. The van der Waals surface area contributed by atoms with Crippen molar-refractivity contribution in [2.24, 2.45) is 5.92 Å². The lowest BCUT2D eigenvalue weighted by Crippen LogP contribution is -2.43. The third kappa shape index (κ3) is 2.43. The van der Waals surface area contributed by atoms with Gasteiger partial charge in [0.25, 0.3) is 0 Å². The molecule has 0 aromatic heterocycles. The second kappa shape index (κ2) is 4.78. The first-order chi connectivity index (χ1) is 8.09. The van der Waals surface area contributed by atoms with Crippen LogP contribution in [0.3, 0.4) is 0 Å². The zero-order valence-corrected chi connectivity index (χ0v) is 10.3. The quantitative estimate of drug-likeness (QED) is 0.840. The summed E-state index contributed by atoms with van der Waals surface area (Å²) in [6, 6.07) is 8.24. The molecule has 1 aliphatic rings. The molecule has 3 nitrogen and oxygen atoms in total. The van der Waals surface area contributed by atoms with Crippen LogP contribution in [0.2, 0.25) is 0 Å². The van der Waals surface area contributed by atoms with Crippen LogP contribution in [0.4, 0.5) is 5.69 Å². The molecule has 0 heterocycles. The number of aliphatic carboxylic acids is 1. The molecule has 1 aliphatic carbocycles. The number of nitrogens with one attached hydrogen (secondary N) is 1. The first kappa shape index (κ1) is 12.0. The molecular weight excluding hydrogens is 214 g/mol. The Kier molecular flexibility index (Phi) is 3.36. The lowest BCUT2D eigenvalue weighted by molar-refractivity contribution is -0.144.